The highest BCUT2D eigenvalue weighted by molar-refractivity contribution is 5.84. The number of nitrogens with one attached hydrogen (secondary N) is 1. The summed E-state index contributed by atoms with van der Waals surface area (Å²) in [7, 11) is 0. The normalized spacial score (nSPS) is 15.8. The minimum Gasteiger partial charge on any atom is -0.376 e. The number of halogens is 1. The number of aromatic amines is 1. The Balaban J connectivity index is 2.32. The van der Waals surface area contributed by atoms with E-state index in [0.717, 1.165) is 29.5 Å². The zero-order valence-corrected chi connectivity index (χ0v) is 7.64. The van der Waals surface area contributed by atoms with Crippen molar-refractivity contribution < 1.29 is 9.13 Å². The Labute approximate surface area is 80.7 Å². The molecule has 1 N–H and O–H groups in total. The lowest BCUT2D eigenvalue weighted by Crippen LogP contribution is -2.08. The minimum absolute atomic E-state index is 0.190. The van der Waals surface area contributed by atoms with Gasteiger partial charge in [-0.1, -0.05) is 0 Å². The Bertz CT molecular complexity index is 489. The molecule has 1 aliphatic rings. The molecular weight excluding hydrogens is 181 g/mol. The number of aromatic nitrogens is 1. The van der Waals surface area contributed by atoms with Gasteiger partial charge in [0.05, 0.1) is 13.2 Å². The van der Waals surface area contributed by atoms with E-state index in [1.807, 2.05) is 0 Å². The van der Waals surface area contributed by atoms with Crippen molar-refractivity contribution in [2.24, 2.45) is 0 Å². The van der Waals surface area contributed by atoms with Crippen LogP contribution < -0.4 is 0 Å². The van der Waals surface area contributed by atoms with Gasteiger partial charge in [-0.05, 0) is 18.2 Å². The van der Waals surface area contributed by atoms with Gasteiger partial charge in [0.1, 0.15) is 5.82 Å². The fourth-order valence-corrected chi connectivity index (χ4v) is 2.00. The van der Waals surface area contributed by atoms with Crippen LogP contribution in [0.25, 0.3) is 10.9 Å². The van der Waals surface area contributed by atoms with Gasteiger partial charge in [-0.25, -0.2) is 4.39 Å². The van der Waals surface area contributed by atoms with Gasteiger partial charge in [-0.3, -0.25) is 0 Å². The highest BCUT2D eigenvalue weighted by Gasteiger charge is 2.15. The average Bonchev–Trinajstić information content (AvgIpc) is 2.56. The second-order valence-electron chi connectivity index (χ2n) is 3.57. The number of ether oxygens (including phenoxy) is 1. The summed E-state index contributed by atoms with van der Waals surface area (Å²) in [5.74, 6) is -0.190. The third kappa shape index (κ3) is 1.06. The number of rotatable bonds is 0. The molecule has 0 amide bonds. The van der Waals surface area contributed by atoms with E-state index in [9.17, 15) is 4.39 Å². The van der Waals surface area contributed by atoms with E-state index in [1.54, 1.807) is 12.1 Å². The molecule has 2 aromatic rings. The third-order valence-electron chi connectivity index (χ3n) is 2.70. The summed E-state index contributed by atoms with van der Waals surface area (Å²) in [6, 6.07) is 4.83. The molecule has 3 rings (SSSR count). The largest absolute Gasteiger partial charge is 0.376 e. The fraction of sp³-hybridized carbons (Fsp3) is 0.273. The smallest absolute Gasteiger partial charge is 0.123 e. The SMILES string of the molecule is Fc1ccc2[nH]c3c(c2c1)COCC3. The lowest BCUT2D eigenvalue weighted by atomic mass is 10.1. The summed E-state index contributed by atoms with van der Waals surface area (Å²) in [6.45, 7) is 1.35. The predicted octanol–water partition coefficient (Wildman–Crippen LogP) is 2.38. The molecule has 0 saturated heterocycles. The Morgan fingerprint density at radius 2 is 2.29 bits per heavy atom. The second-order valence-corrected chi connectivity index (χ2v) is 3.57. The molecule has 0 bridgehead atoms. The van der Waals surface area contributed by atoms with Crippen molar-refractivity contribution in [2.75, 3.05) is 6.61 Å². The highest BCUT2D eigenvalue weighted by Crippen LogP contribution is 2.26. The summed E-state index contributed by atoms with van der Waals surface area (Å²) in [4.78, 5) is 3.30. The van der Waals surface area contributed by atoms with Crippen LogP contribution in [0.5, 0.6) is 0 Å². The summed E-state index contributed by atoms with van der Waals surface area (Å²) < 4.78 is 18.4. The van der Waals surface area contributed by atoms with Crippen molar-refractivity contribution in [3.63, 3.8) is 0 Å². The summed E-state index contributed by atoms with van der Waals surface area (Å²) in [5.41, 5.74) is 3.31. The van der Waals surface area contributed by atoms with E-state index in [1.165, 1.54) is 11.8 Å². The first-order valence-electron chi connectivity index (χ1n) is 4.71. The molecule has 1 aromatic carbocycles. The number of hydrogen-bond acceptors (Lipinski definition) is 1. The van der Waals surface area contributed by atoms with Gasteiger partial charge in [0, 0.05) is 28.6 Å². The molecule has 1 aliphatic heterocycles. The first-order chi connectivity index (χ1) is 6.84. The van der Waals surface area contributed by atoms with Gasteiger partial charge in [0.25, 0.3) is 0 Å². The van der Waals surface area contributed by atoms with Crippen molar-refractivity contribution in [1.82, 2.24) is 4.98 Å². The summed E-state index contributed by atoms with van der Waals surface area (Å²) >= 11 is 0. The number of hydrogen-bond donors (Lipinski definition) is 1. The maximum atomic E-state index is 13.0. The molecule has 14 heavy (non-hydrogen) atoms. The van der Waals surface area contributed by atoms with Crippen molar-refractivity contribution in [2.45, 2.75) is 13.0 Å². The number of benzene rings is 1. The van der Waals surface area contributed by atoms with Gasteiger partial charge < -0.3 is 9.72 Å². The zero-order chi connectivity index (χ0) is 9.54. The van der Waals surface area contributed by atoms with Crippen LogP contribution in [0.3, 0.4) is 0 Å². The maximum absolute atomic E-state index is 13.0. The van der Waals surface area contributed by atoms with E-state index in [4.69, 9.17) is 4.74 Å². The Morgan fingerprint density at radius 1 is 1.36 bits per heavy atom. The van der Waals surface area contributed by atoms with Crippen LogP contribution in [0.2, 0.25) is 0 Å². The molecule has 0 atom stereocenters. The molecule has 2 heterocycles. The van der Waals surface area contributed by atoms with Crippen LogP contribution in [-0.2, 0) is 17.8 Å². The van der Waals surface area contributed by atoms with Gasteiger partial charge in [0.15, 0.2) is 0 Å². The lowest BCUT2D eigenvalue weighted by Gasteiger charge is -2.11. The molecule has 0 radical (unpaired) electrons. The molecule has 0 spiro atoms. The van der Waals surface area contributed by atoms with E-state index < -0.39 is 0 Å². The van der Waals surface area contributed by atoms with E-state index in [0.29, 0.717) is 6.61 Å². The minimum atomic E-state index is -0.190. The molecule has 0 aliphatic carbocycles. The Kier molecular flexibility index (Phi) is 1.61. The summed E-state index contributed by atoms with van der Waals surface area (Å²) in [5, 5.41) is 0.958. The van der Waals surface area contributed by atoms with Crippen LogP contribution in [0.4, 0.5) is 4.39 Å². The quantitative estimate of drug-likeness (QED) is 0.679. The number of fused-ring (bicyclic) bond motifs is 3. The molecule has 2 nitrogen and oxygen atoms in total. The van der Waals surface area contributed by atoms with Crippen LogP contribution in [-0.4, -0.2) is 11.6 Å². The molecular formula is C11H10FNO. The second kappa shape index (κ2) is 2.82. The number of H-pyrrole nitrogens is 1. The highest BCUT2D eigenvalue weighted by atomic mass is 19.1. The topological polar surface area (TPSA) is 25.0 Å². The average molecular weight is 191 g/mol. The van der Waals surface area contributed by atoms with Crippen LogP contribution in [0.15, 0.2) is 18.2 Å². The van der Waals surface area contributed by atoms with E-state index in [2.05, 4.69) is 4.98 Å². The van der Waals surface area contributed by atoms with E-state index >= 15 is 0 Å². The van der Waals surface area contributed by atoms with Crippen molar-refractivity contribution in [3.05, 3.63) is 35.3 Å². The van der Waals surface area contributed by atoms with Gasteiger partial charge in [-0.15, -0.1) is 0 Å². The van der Waals surface area contributed by atoms with Crippen LogP contribution >= 0.6 is 0 Å². The van der Waals surface area contributed by atoms with E-state index in [-0.39, 0.29) is 5.82 Å². The van der Waals surface area contributed by atoms with Gasteiger partial charge in [-0.2, -0.15) is 0 Å². The fourth-order valence-electron chi connectivity index (χ4n) is 2.00. The Morgan fingerprint density at radius 3 is 3.21 bits per heavy atom. The van der Waals surface area contributed by atoms with Crippen molar-refractivity contribution >= 4 is 10.9 Å². The zero-order valence-electron chi connectivity index (χ0n) is 7.64. The summed E-state index contributed by atoms with van der Waals surface area (Å²) in [6.07, 6.45) is 0.894. The molecule has 0 saturated carbocycles. The van der Waals surface area contributed by atoms with Gasteiger partial charge in [0.2, 0.25) is 0 Å². The maximum Gasteiger partial charge on any atom is 0.123 e. The third-order valence-corrected chi connectivity index (χ3v) is 2.70. The van der Waals surface area contributed by atoms with Crippen molar-refractivity contribution in [1.29, 1.82) is 0 Å². The van der Waals surface area contributed by atoms with Gasteiger partial charge >= 0.3 is 0 Å². The molecule has 3 heteroatoms. The first-order valence-corrected chi connectivity index (χ1v) is 4.71. The van der Waals surface area contributed by atoms with Crippen LogP contribution in [0.1, 0.15) is 11.3 Å². The molecule has 1 aromatic heterocycles. The molecule has 72 valence electrons. The Hall–Kier alpha value is -1.35. The molecule has 0 fully saturated rings. The lowest BCUT2D eigenvalue weighted by molar-refractivity contribution is 0.111. The van der Waals surface area contributed by atoms with Crippen molar-refractivity contribution in [3.8, 4) is 0 Å². The monoisotopic (exact) mass is 191 g/mol. The first kappa shape index (κ1) is 8.00. The molecule has 0 unspecified atom stereocenters. The predicted molar refractivity (Wildman–Crippen MR) is 51.6 cm³/mol. The van der Waals surface area contributed by atoms with Crippen LogP contribution in [0, 0.1) is 5.82 Å². The standard InChI is InChI=1S/C11H10FNO/c12-7-1-2-10-8(5-7)9-6-14-4-3-11(9)13-10/h1-2,5,13H,3-4,6H2.